The fraction of sp³-hybridized carbons (Fsp3) is 0.360. The fourth-order valence-corrected chi connectivity index (χ4v) is 4.91. The van der Waals surface area contributed by atoms with Crippen molar-refractivity contribution in [2.24, 2.45) is 0 Å². The summed E-state index contributed by atoms with van der Waals surface area (Å²) in [5.74, 6) is 2.01. The molecule has 0 radical (unpaired) electrons. The number of hydrogen-bond acceptors (Lipinski definition) is 5. The molecule has 1 N–H and O–H groups in total. The molecule has 3 heterocycles. The molecule has 0 aliphatic carbocycles. The van der Waals surface area contributed by atoms with Crippen molar-refractivity contribution in [3.63, 3.8) is 0 Å². The Labute approximate surface area is 178 Å². The fourth-order valence-electron chi connectivity index (χ4n) is 4.91. The second-order valence-corrected chi connectivity index (χ2v) is 8.34. The van der Waals surface area contributed by atoms with Crippen LogP contribution in [0.25, 0.3) is 0 Å². The van der Waals surface area contributed by atoms with Crippen LogP contribution in [0.4, 0.5) is 5.95 Å². The first-order valence-corrected chi connectivity index (χ1v) is 11.0. The minimum absolute atomic E-state index is 0.402. The van der Waals surface area contributed by atoms with Gasteiger partial charge in [0.1, 0.15) is 5.75 Å². The molecule has 2 aliphatic heterocycles. The Kier molecular flexibility index (Phi) is 5.62. The van der Waals surface area contributed by atoms with Gasteiger partial charge in [-0.2, -0.15) is 4.98 Å². The highest BCUT2D eigenvalue weighted by molar-refractivity contribution is 5.32. The molecule has 2 saturated heterocycles. The highest BCUT2D eigenvalue weighted by atomic mass is 16.5. The number of nitrogens with zero attached hydrogens (tertiary/aromatic N) is 3. The number of rotatable bonds is 6. The molecule has 0 saturated carbocycles. The normalized spacial score (nSPS) is 23.7. The quantitative estimate of drug-likeness (QED) is 0.611. The average molecular weight is 401 g/mol. The number of nitrogens with one attached hydrogen (secondary N) is 1. The summed E-state index contributed by atoms with van der Waals surface area (Å²) in [6, 6.07) is 24.1. The maximum Gasteiger partial charge on any atom is 0.226 e. The number of anilines is 1. The van der Waals surface area contributed by atoms with E-state index in [2.05, 4.69) is 50.5 Å². The number of aromatic nitrogens is 2. The van der Waals surface area contributed by atoms with Crippen LogP contribution in [0, 0.1) is 0 Å². The summed E-state index contributed by atoms with van der Waals surface area (Å²) in [5, 5.41) is 3.59. The van der Waals surface area contributed by atoms with Gasteiger partial charge in [-0.15, -0.1) is 0 Å². The van der Waals surface area contributed by atoms with Gasteiger partial charge in [-0.25, -0.2) is 4.98 Å². The van der Waals surface area contributed by atoms with Crippen LogP contribution in [-0.4, -0.2) is 33.0 Å². The van der Waals surface area contributed by atoms with Gasteiger partial charge in [0.15, 0.2) is 0 Å². The van der Waals surface area contributed by atoms with Gasteiger partial charge in [-0.3, -0.25) is 4.90 Å². The molecule has 2 aromatic carbocycles. The molecule has 2 unspecified atom stereocenters. The van der Waals surface area contributed by atoms with Crippen molar-refractivity contribution in [2.45, 2.75) is 56.8 Å². The summed E-state index contributed by atoms with van der Waals surface area (Å²) in [6.45, 7) is 1.06. The second-order valence-electron chi connectivity index (χ2n) is 8.34. The minimum Gasteiger partial charge on any atom is -0.439 e. The molecule has 5 heteroatoms. The van der Waals surface area contributed by atoms with Crippen LogP contribution < -0.4 is 10.1 Å². The Morgan fingerprint density at radius 2 is 1.60 bits per heavy atom. The van der Waals surface area contributed by atoms with Crippen molar-refractivity contribution in [2.75, 3.05) is 5.32 Å². The van der Waals surface area contributed by atoms with E-state index in [1.807, 2.05) is 30.3 Å². The summed E-state index contributed by atoms with van der Waals surface area (Å²) < 4.78 is 5.87. The maximum atomic E-state index is 5.87. The van der Waals surface area contributed by atoms with Crippen LogP contribution in [0.3, 0.4) is 0 Å². The van der Waals surface area contributed by atoms with E-state index in [0.29, 0.717) is 30.0 Å². The Morgan fingerprint density at radius 1 is 0.900 bits per heavy atom. The molecule has 5 rings (SSSR count). The number of ether oxygens (including phenoxy) is 1. The molecule has 2 atom stereocenters. The van der Waals surface area contributed by atoms with Gasteiger partial charge < -0.3 is 10.1 Å². The monoisotopic (exact) mass is 400 g/mol. The summed E-state index contributed by atoms with van der Waals surface area (Å²) in [4.78, 5) is 11.8. The molecule has 1 aromatic heterocycles. The van der Waals surface area contributed by atoms with Crippen molar-refractivity contribution in [3.05, 3.63) is 78.5 Å². The van der Waals surface area contributed by atoms with E-state index in [-0.39, 0.29) is 0 Å². The van der Waals surface area contributed by atoms with E-state index >= 15 is 0 Å². The lowest BCUT2D eigenvalue weighted by molar-refractivity contribution is 0.0276. The first-order chi connectivity index (χ1) is 14.8. The van der Waals surface area contributed by atoms with Gasteiger partial charge in [0.05, 0.1) is 0 Å². The van der Waals surface area contributed by atoms with Crippen molar-refractivity contribution in [3.8, 4) is 11.6 Å². The smallest absolute Gasteiger partial charge is 0.226 e. The molecule has 3 aromatic rings. The first kappa shape index (κ1) is 19.1. The Morgan fingerprint density at radius 3 is 2.33 bits per heavy atom. The minimum atomic E-state index is 0.402. The van der Waals surface area contributed by atoms with E-state index in [1.54, 1.807) is 12.3 Å². The third kappa shape index (κ3) is 4.46. The molecule has 5 nitrogen and oxygen atoms in total. The van der Waals surface area contributed by atoms with Crippen LogP contribution in [0.5, 0.6) is 11.6 Å². The van der Waals surface area contributed by atoms with E-state index < -0.39 is 0 Å². The lowest BCUT2D eigenvalue weighted by atomic mass is 9.81. The lowest BCUT2D eigenvalue weighted by Crippen LogP contribution is -2.54. The first-order valence-electron chi connectivity index (χ1n) is 11.0. The highest BCUT2D eigenvalue weighted by Crippen LogP contribution is 2.36. The van der Waals surface area contributed by atoms with E-state index in [9.17, 15) is 0 Å². The third-order valence-electron chi connectivity index (χ3n) is 6.26. The topological polar surface area (TPSA) is 50.3 Å². The summed E-state index contributed by atoms with van der Waals surface area (Å²) in [6.07, 6.45) is 7.93. The van der Waals surface area contributed by atoms with E-state index in [4.69, 9.17) is 4.74 Å². The molecule has 0 spiro atoms. The van der Waals surface area contributed by atoms with Gasteiger partial charge in [0.25, 0.3) is 0 Å². The molecule has 0 amide bonds. The van der Waals surface area contributed by atoms with Crippen molar-refractivity contribution in [1.29, 1.82) is 0 Å². The SMILES string of the molecule is c1ccc(CN2C3CCCC2CC(Nc2nccc(Oc4ccccc4)n2)C3)cc1. The van der Waals surface area contributed by atoms with Gasteiger partial charge in [-0.1, -0.05) is 55.0 Å². The summed E-state index contributed by atoms with van der Waals surface area (Å²) >= 11 is 0. The number of piperidine rings is 2. The lowest BCUT2D eigenvalue weighted by Gasteiger charge is -2.49. The van der Waals surface area contributed by atoms with Gasteiger partial charge in [0, 0.05) is 36.9 Å². The van der Waals surface area contributed by atoms with E-state index in [1.165, 1.54) is 24.8 Å². The zero-order valence-corrected chi connectivity index (χ0v) is 17.2. The molecule has 30 heavy (non-hydrogen) atoms. The second kappa shape index (κ2) is 8.84. The van der Waals surface area contributed by atoms with Crippen LogP contribution in [0.1, 0.15) is 37.7 Å². The number of para-hydroxylation sites is 1. The van der Waals surface area contributed by atoms with Crippen LogP contribution in [0.2, 0.25) is 0 Å². The van der Waals surface area contributed by atoms with Crippen LogP contribution >= 0.6 is 0 Å². The zero-order chi connectivity index (χ0) is 20.2. The molecule has 2 aliphatic rings. The summed E-state index contributed by atoms with van der Waals surface area (Å²) in [5.41, 5.74) is 1.41. The molecular formula is C25H28N4O. The molecular weight excluding hydrogens is 372 g/mol. The van der Waals surface area contributed by atoms with Crippen molar-refractivity contribution < 1.29 is 4.74 Å². The maximum absolute atomic E-state index is 5.87. The standard InChI is InChI=1S/C25H28N4O/c1-3-8-19(9-4-1)18-29-21-10-7-11-22(29)17-20(16-21)27-25-26-15-14-24(28-25)30-23-12-5-2-6-13-23/h1-6,8-9,12-15,20-22H,7,10-11,16-18H2,(H,26,27,28). The van der Waals surface area contributed by atoms with Gasteiger partial charge >= 0.3 is 0 Å². The Hall–Kier alpha value is -2.92. The number of benzene rings is 2. The highest BCUT2D eigenvalue weighted by Gasteiger charge is 2.38. The largest absolute Gasteiger partial charge is 0.439 e. The van der Waals surface area contributed by atoms with E-state index in [0.717, 1.165) is 25.1 Å². The number of hydrogen-bond donors (Lipinski definition) is 1. The predicted octanol–water partition coefficient (Wildman–Crippen LogP) is 5.27. The average Bonchev–Trinajstić information content (AvgIpc) is 2.76. The van der Waals surface area contributed by atoms with Crippen LogP contribution in [0.15, 0.2) is 72.9 Å². The zero-order valence-electron chi connectivity index (χ0n) is 17.2. The van der Waals surface area contributed by atoms with Gasteiger partial charge in [-0.05, 0) is 43.4 Å². The summed E-state index contributed by atoms with van der Waals surface area (Å²) in [7, 11) is 0. The third-order valence-corrected chi connectivity index (χ3v) is 6.26. The predicted molar refractivity (Wildman–Crippen MR) is 119 cm³/mol. The Bertz CT molecular complexity index is 936. The van der Waals surface area contributed by atoms with Crippen molar-refractivity contribution >= 4 is 5.95 Å². The number of fused-ring (bicyclic) bond motifs is 2. The molecule has 2 bridgehead atoms. The molecule has 154 valence electrons. The van der Waals surface area contributed by atoms with Crippen molar-refractivity contribution in [1.82, 2.24) is 14.9 Å². The molecule has 2 fully saturated rings. The van der Waals surface area contributed by atoms with Gasteiger partial charge in [0.2, 0.25) is 11.8 Å². The Balaban J connectivity index is 1.24. The van der Waals surface area contributed by atoms with Crippen LogP contribution in [-0.2, 0) is 6.54 Å².